The van der Waals surface area contributed by atoms with Crippen molar-refractivity contribution in [1.82, 2.24) is 10.2 Å². The molecule has 1 aromatic carbocycles. The zero-order valence-electron chi connectivity index (χ0n) is 14.4. The SMILES string of the molecule is O=C(COc1cccc(N2CCCC2=O)c1)N1CCC2CCC(C1)N2. The minimum Gasteiger partial charge on any atom is -0.484 e. The van der Waals surface area contributed by atoms with Crippen LogP contribution in [0.3, 0.4) is 0 Å². The van der Waals surface area contributed by atoms with Gasteiger partial charge in [-0.2, -0.15) is 0 Å². The summed E-state index contributed by atoms with van der Waals surface area (Å²) in [6.07, 6.45) is 4.91. The van der Waals surface area contributed by atoms with Gasteiger partial charge in [0.1, 0.15) is 5.75 Å². The number of anilines is 1. The topological polar surface area (TPSA) is 61.9 Å². The van der Waals surface area contributed by atoms with Crippen LogP contribution in [0.4, 0.5) is 5.69 Å². The molecule has 6 heteroatoms. The molecule has 2 atom stereocenters. The van der Waals surface area contributed by atoms with E-state index in [4.69, 9.17) is 4.74 Å². The van der Waals surface area contributed by atoms with Crippen LogP contribution in [0.25, 0.3) is 0 Å². The van der Waals surface area contributed by atoms with Gasteiger partial charge in [-0.1, -0.05) is 6.07 Å². The van der Waals surface area contributed by atoms with Gasteiger partial charge in [0.25, 0.3) is 5.91 Å². The summed E-state index contributed by atoms with van der Waals surface area (Å²) in [7, 11) is 0. The molecule has 0 aliphatic carbocycles. The van der Waals surface area contributed by atoms with E-state index in [0.29, 0.717) is 24.3 Å². The van der Waals surface area contributed by atoms with Crippen molar-refractivity contribution in [3.05, 3.63) is 24.3 Å². The Kier molecular flexibility index (Phi) is 4.61. The molecule has 3 saturated heterocycles. The van der Waals surface area contributed by atoms with Gasteiger partial charge in [0.15, 0.2) is 6.61 Å². The summed E-state index contributed by atoms with van der Waals surface area (Å²) < 4.78 is 5.73. The molecule has 3 fully saturated rings. The summed E-state index contributed by atoms with van der Waals surface area (Å²) in [5.41, 5.74) is 0.851. The Morgan fingerprint density at radius 2 is 2.08 bits per heavy atom. The number of carbonyl (C=O) groups excluding carboxylic acids is 2. The minimum absolute atomic E-state index is 0.0389. The first-order valence-corrected chi connectivity index (χ1v) is 9.26. The third-order valence-corrected chi connectivity index (χ3v) is 5.44. The fraction of sp³-hybridized carbons (Fsp3) is 0.579. The van der Waals surface area contributed by atoms with Gasteiger partial charge in [-0.05, 0) is 37.8 Å². The van der Waals surface area contributed by atoms with E-state index in [2.05, 4.69) is 5.32 Å². The minimum atomic E-state index is 0.0389. The highest BCUT2D eigenvalue weighted by atomic mass is 16.5. The highest BCUT2D eigenvalue weighted by molar-refractivity contribution is 5.95. The van der Waals surface area contributed by atoms with Gasteiger partial charge in [-0.3, -0.25) is 9.59 Å². The van der Waals surface area contributed by atoms with Gasteiger partial charge in [0.05, 0.1) is 0 Å². The average molecular weight is 343 g/mol. The molecule has 0 saturated carbocycles. The molecule has 1 aromatic rings. The third-order valence-electron chi connectivity index (χ3n) is 5.44. The molecule has 134 valence electrons. The first-order chi connectivity index (χ1) is 12.2. The fourth-order valence-corrected chi connectivity index (χ4v) is 4.07. The van der Waals surface area contributed by atoms with Crippen molar-refractivity contribution in [3.8, 4) is 5.75 Å². The van der Waals surface area contributed by atoms with E-state index in [1.165, 1.54) is 6.42 Å². The normalized spacial score (nSPS) is 26.0. The number of likely N-dealkylation sites (tertiary alicyclic amines) is 1. The number of nitrogens with one attached hydrogen (secondary N) is 1. The van der Waals surface area contributed by atoms with Gasteiger partial charge < -0.3 is 19.9 Å². The standard InChI is InChI=1S/C19H25N3O3/c23-18-5-2-9-22(18)16-3-1-4-17(11-16)25-13-19(24)21-10-8-14-6-7-15(12-21)20-14/h1,3-4,11,14-15,20H,2,5-10,12-13H2. The molecule has 0 spiro atoms. The number of rotatable bonds is 4. The summed E-state index contributed by atoms with van der Waals surface area (Å²) >= 11 is 0. The summed E-state index contributed by atoms with van der Waals surface area (Å²) in [5, 5.41) is 3.58. The molecule has 3 aliphatic rings. The van der Waals surface area contributed by atoms with Crippen molar-refractivity contribution in [2.24, 2.45) is 0 Å². The molecule has 2 bridgehead atoms. The Morgan fingerprint density at radius 3 is 2.92 bits per heavy atom. The van der Waals surface area contributed by atoms with Crippen molar-refractivity contribution in [1.29, 1.82) is 0 Å². The number of carbonyl (C=O) groups is 2. The first-order valence-electron chi connectivity index (χ1n) is 9.26. The maximum atomic E-state index is 12.5. The lowest BCUT2D eigenvalue weighted by atomic mass is 10.1. The summed E-state index contributed by atoms with van der Waals surface area (Å²) in [6, 6.07) is 8.47. The number of nitrogens with zero attached hydrogens (tertiary/aromatic N) is 2. The van der Waals surface area contributed by atoms with E-state index in [1.54, 1.807) is 4.90 Å². The largest absolute Gasteiger partial charge is 0.484 e. The summed E-state index contributed by atoms with van der Waals surface area (Å²) in [5.74, 6) is 0.831. The maximum Gasteiger partial charge on any atom is 0.260 e. The number of hydrogen-bond acceptors (Lipinski definition) is 4. The van der Waals surface area contributed by atoms with Crippen LogP contribution in [0, 0.1) is 0 Å². The van der Waals surface area contributed by atoms with Crippen molar-refractivity contribution in [2.45, 2.75) is 44.2 Å². The van der Waals surface area contributed by atoms with Gasteiger partial charge in [-0.25, -0.2) is 0 Å². The molecule has 2 unspecified atom stereocenters. The summed E-state index contributed by atoms with van der Waals surface area (Å²) in [6.45, 7) is 2.39. The van der Waals surface area contributed by atoms with E-state index >= 15 is 0 Å². The molecular formula is C19H25N3O3. The lowest BCUT2D eigenvalue weighted by Gasteiger charge is -2.24. The van der Waals surface area contributed by atoms with Crippen LogP contribution < -0.4 is 15.0 Å². The van der Waals surface area contributed by atoms with Crippen LogP contribution in [0.1, 0.15) is 32.1 Å². The fourth-order valence-electron chi connectivity index (χ4n) is 4.07. The van der Waals surface area contributed by atoms with Crippen LogP contribution in [-0.4, -0.2) is 55.0 Å². The molecule has 4 rings (SSSR count). The number of ether oxygens (including phenoxy) is 1. The molecule has 3 heterocycles. The zero-order chi connectivity index (χ0) is 17.2. The Labute approximate surface area is 148 Å². The van der Waals surface area contributed by atoms with Crippen molar-refractivity contribution < 1.29 is 14.3 Å². The second-order valence-electron chi connectivity index (χ2n) is 7.20. The van der Waals surface area contributed by atoms with Crippen molar-refractivity contribution >= 4 is 17.5 Å². The maximum absolute atomic E-state index is 12.5. The van der Waals surface area contributed by atoms with E-state index in [1.807, 2.05) is 29.2 Å². The monoisotopic (exact) mass is 343 g/mol. The molecule has 1 N–H and O–H groups in total. The van der Waals surface area contributed by atoms with Gasteiger partial charge in [0.2, 0.25) is 5.91 Å². The number of hydrogen-bond donors (Lipinski definition) is 1. The smallest absolute Gasteiger partial charge is 0.260 e. The predicted octanol–water partition coefficient (Wildman–Crippen LogP) is 1.55. The molecule has 0 radical (unpaired) electrons. The average Bonchev–Trinajstić information content (AvgIpc) is 3.18. The number of amides is 2. The van der Waals surface area contributed by atoms with Crippen molar-refractivity contribution in [2.75, 3.05) is 31.1 Å². The lowest BCUT2D eigenvalue weighted by molar-refractivity contribution is -0.133. The van der Waals surface area contributed by atoms with Crippen LogP contribution in [0.15, 0.2) is 24.3 Å². The Bertz CT molecular complexity index is 663. The quantitative estimate of drug-likeness (QED) is 0.901. The summed E-state index contributed by atoms with van der Waals surface area (Å²) in [4.78, 5) is 28.1. The molecule has 0 aromatic heterocycles. The van der Waals surface area contributed by atoms with Crippen LogP contribution >= 0.6 is 0 Å². The Hall–Kier alpha value is -2.08. The second-order valence-corrected chi connectivity index (χ2v) is 7.20. The van der Waals surface area contributed by atoms with Gasteiger partial charge >= 0.3 is 0 Å². The Morgan fingerprint density at radius 1 is 1.20 bits per heavy atom. The van der Waals surface area contributed by atoms with E-state index in [0.717, 1.165) is 44.6 Å². The molecular weight excluding hydrogens is 318 g/mol. The van der Waals surface area contributed by atoms with Crippen LogP contribution in [0.5, 0.6) is 5.75 Å². The van der Waals surface area contributed by atoms with E-state index < -0.39 is 0 Å². The molecule has 3 aliphatic heterocycles. The Balaban J connectivity index is 1.35. The van der Waals surface area contributed by atoms with Crippen molar-refractivity contribution in [3.63, 3.8) is 0 Å². The highest BCUT2D eigenvalue weighted by Crippen LogP contribution is 2.25. The molecule has 25 heavy (non-hydrogen) atoms. The first kappa shape index (κ1) is 16.4. The highest BCUT2D eigenvalue weighted by Gasteiger charge is 2.31. The number of fused-ring (bicyclic) bond motifs is 2. The second kappa shape index (κ2) is 7.04. The third kappa shape index (κ3) is 3.63. The van der Waals surface area contributed by atoms with Crippen LogP contribution in [-0.2, 0) is 9.59 Å². The van der Waals surface area contributed by atoms with E-state index in [-0.39, 0.29) is 18.4 Å². The van der Waals surface area contributed by atoms with Crippen LogP contribution in [0.2, 0.25) is 0 Å². The zero-order valence-corrected chi connectivity index (χ0v) is 14.4. The lowest BCUT2D eigenvalue weighted by Crippen LogP contribution is -2.41. The van der Waals surface area contributed by atoms with Gasteiger partial charge in [0, 0.05) is 49.9 Å². The molecule has 2 amide bonds. The van der Waals surface area contributed by atoms with Gasteiger partial charge in [-0.15, -0.1) is 0 Å². The number of benzene rings is 1. The van der Waals surface area contributed by atoms with E-state index in [9.17, 15) is 9.59 Å². The predicted molar refractivity (Wildman–Crippen MR) is 94.7 cm³/mol. The molecule has 6 nitrogen and oxygen atoms in total.